The van der Waals surface area contributed by atoms with E-state index in [0.29, 0.717) is 15.8 Å². The summed E-state index contributed by atoms with van der Waals surface area (Å²) in [6.45, 7) is 0. The van der Waals surface area contributed by atoms with E-state index in [1.807, 2.05) is 6.07 Å². The zero-order valence-electron chi connectivity index (χ0n) is 9.76. The first kappa shape index (κ1) is 13.4. The van der Waals surface area contributed by atoms with E-state index in [4.69, 9.17) is 11.6 Å². The van der Waals surface area contributed by atoms with Crippen molar-refractivity contribution in [2.75, 3.05) is 0 Å². The van der Waals surface area contributed by atoms with E-state index in [9.17, 15) is 4.39 Å². The van der Waals surface area contributed by atoms with Gasteiger partial charge >= 0.3 is 0 Å². The van der Waals surface area contributed by atoms with Gasteiger partial charge < -0.3 is 0 Å². The van der Waals surface area contributed by atoms with Crippen LogP contribution in [0.1, 0.15) is 37.7 Å². The molecule has 1 fully saturated rings. The first-order chi connectivity index (χ1) is 8.15. The summed E-state index contributed by atoms with van der Waals surface area (Å²) >= 11 is 9.80. The van der Waals surface area contributed by atoms with Gasteiger partial charge in [0.05, 0.1) is 0 Å². The summed E-state index contributed by atoms with van der Waals surface area (Å²) in [6, 6.07) is 4.74. The molecular formula is C14H17BrClF. The maximum absolute atomic E-state index is 13.0. The zero-order valence-corrected chi connectivity index (χ0v) is 12.1. The van der Waals surface area contributed by atoms with Gasteiger partial charge in [0.15, 0.2) is 0 Å². The van der Waals surface area contributed by atoms with E-state index in [0.717, 1.165) is 12.0 Å². The molecule has 2 atom stereocenters. The Morgan fingerprint density at radius 1 is 1.29 bits per heavy atom. The normalized spacial score (nSPS) is 25.6. The molecule has 0 radical (unpaired) electrons. The summed E-state index contributed by atoms with van der Waals surface area (Å²) in [7, 11) is 0. The van der Waals surface area contributed by atoms with Crippen LogP contribution in [0.3, 0.4) is 0 Å². The molecule has 2 unspecified atom stereocenters. The van der Waals surface area contributed by atoms with Gasteiger partial charge in [-0.3, -0.25) is 0 Å². The van der Waals surface area contributed by atoms with Gasteiger partial charge in [0.1, 0.15) is 5.82 Å². The molecule has 0 saturated heterocycles. The van der Waals surface area contributed by atoms with Gasteiger partial charge in [0.25, 0.3) is 0 Å². The molecule has 0 heterocycles. The molecule has 0 bridgehead atoms. The van der Waals surface area contributed by atoms with E-state index in [1.165, 1.54) is 44.2 Å². The number of halogens is 3. The van der Waals surface area contributed by atoms with Crippen LogP contribution in [0.15, 0.2) is 18.2 Å². The molecule has 94 valence electrons. The predicted molar refractivity (Wildman–Crippen MR) is 74.4 cm³/mol. The van der Waals surface area contributed by atoms with Crippen LogP contribution in [0.4, 0.5) is 4.39 Å². The average molecular weight is 320 g/mol. The molecule has 17 heavy (non-hydrogen) atoms. The second-order valence-electron chi connectivity index (χ2n) is 4.92. The minimum Gasteiger partial charge on any atom is -0.207 e. The van der Waals surface area contributed by atoms with E-state index in [1.54, 1.807) is 0 Å². The van der Waals surface area contributed by atoms with Gasteiger partial charge in [0.2, 0.25) is 0 Å². The number of hydrogen-bond donors (Lipinski definition) is 0. The van der Waals surface area contributed by atoms with Crippen molar-refractivity contribution in [3.8, 4) is 0 Å². The lowest BCUT2D eigenvalue weighted by atomic mass is 9.92. The van der Waals surface area contributed by atoms with E-state index in [-0.39, 0.29) is 5.82 Å². The fourth-order valence-corrected chi connectivity index (χ4v) is 3.68. The van der Waals surface area contributed by atoms with Crippen molar-refractivity contribution in [1.82, 2.24) is 0 Å². The third kappa shape index (κ3) is 3.96. The fourth-order valence-electron chi connectivity index (χ4n) is 2.58. The summed E-state index contributed by atoms with van der Waals surface area (Å²) in [5, 5.41) is 0.570. The lowest BCUT2D eigenvalue weighted by Crippen LogP contribution is -2.08. The summed E-state index contributed by atoms with van der Waals surface area (Å²) in [6.07, 6.45) is 7.31. The van der Waals surface area contributed by atoms with Gasteiger partial charge in [-0.15, -0.1) is 0 Å². The molecule has 1 aromatic carbocycles. The molecule has 0 aliphatic heterocycles. The van der Waals surface area contributed by atoms with Crippen molar-refractivity contribution < 1.29 is 4.39 Å². The lowest BCUT2D eigenvalue weighted by Gasteiger charge is -2.17. The molecule has 0 spiro atoms. The minimum atomic E-state index is -0.252. The zero-order chi connectivity index (χ0) is 12.3. The molecule has 2 rings (SSSR count). The summed E-state index contributed by atoms with van der Waals surface area (Å²) in [5.41, 5.74) is 1.08. The predicted octanol–water partition coefficient (Wildman–Crippen LogP) is 5.37. The molecule has 0 nitrogen and oxygen atoms in total. The van der Waals surface area contributed by atoms with Crippen molar-refractivity contribution in [3.63, 3.8) is 0 Å². The van der Waals surface area contributed by atoms with Crippen LogP contribution in [0.5, 0.6) is 0 Å². The largest absolute Gasteiger partial charge is 0.207 e. The maximum Gasteiger partial charge on any atom is 0.124 e. The first-order valence-corrected chi connectivity index (χ1v) is 7.52. The number of benzene rings is 1. The van der Waals surface area contributed by atoms with Crippen molar-refractivity contribution in [3.05, 3.63) is 34.6 Å². The molecule has 0 N–H and O–H groups in total. The van der Waals surface area contributed by atoms with Gasteiger partial charge in [-0.2, -0.15) is 0 Å². The van der Waals surface area contributed by atoms with Gasteiger partial charge in [-0.1, -0.05) is 52.9 Å². The van der Waals surface area contributed by atoms with Crippen molar-refractivity contribution in [2.45, 2.75) is 43.4 Å². The Hall–Kier alpha value is -0.0800. The smallest absolute Gasteiger partial charge is 0.124 e. The second-order valence-corrected chi connectivity index (χ2v) is 6.63. The molecule has 1 saturated carbocycles. The van der Waals surface area contributed by atoms with Crippen LogP contribution < -0.4 is 0 Å². The first-order valence-electron chi connectivity index (χ1n) is 6.23. The molecule has 1 aliphatic carbocycles. The molecule has 1 aromatic rings. The molecular weight excluding hydrogens is 303 g/mol. The van der Waals surface area contributed by atoms with Gasteiger partial charge in [-0.05, 0) is 42.9 Å². The van der Waals surface area contributed by atoms with E-state index >= 15 is 0 Å². The van der Waals surface area contributed by atoms with E-state index in [2.05, 4.69) is 15.9 Å². The molecule has 0 aromatic heterocycles. The fraction of sp³-hybridized carbons (Fsp3) is 0.571. The van der Waals surface area contributed by atoms with Crippen LogP contribution >= 0.6 is 27.5 Å². The summed E-state index contributed by atoms with van der Waals surface area (Å²) in [5.74, 6) is 0.419. The standard InChI is InChI=1S/C14H17BrClF/c15-12-4-2-1-3-10(8-12)7-11-5-6-13(17)9-14(11)16/h5-6,9-10,12H,1-4,7-8H2. The van der Waals surface area contributed by atoms with Crippen molar-refractivity contribution in [1.29, 1.82) is 0 Å². The van der Waals surface area contributed by atoms with Crippen LogP contribution in [0, 0.1) is 11.7 Å². The van der Waals surface area contributed by atoms with Crippen LogP contribution in [0.2, 0.25) is 5.02 Å². The number of alkyl halides is 1. The average Bonchev–Trinajstić information content (AvgIpc) is 2.47. The van der Waals surface area contributed by atoms with Crippen molar-refractivity contribution >= 4 is 27.5 Å². The highest BCUT2D eigenvalue weighted by atomic mass is 79.9. The van der Waals surface area contributed by atoms with Crippen LogP contribution in [-0.2, 0) is 6.42 Å². The molecule has 1 aliphatic rings. The molecule has 0 amide bonds. The van der Waals surface area contributed by atoms with Crippen LogP contribution in [0.25, 0.3) is 0 Å². The third-order valence-corrected chi connectivity index (χ3v) is 4.68. The third-order valence-electron chi connectivity index (χ3n) is 3.49. The highest BCUT2D eigenvalue weighted by molar-refractivity contribution is 9.09. The topological polar surface area (TPSA) is 0 Å². The van der Waals surface area contributed by atoms with Crippen molar-refractivity contribution in [2.24, 2.45) is 5.92 Å². The minimum absolute atomic E-state index is 0.252. The molecule has 3 heteroatoms. The summed E-state index contributed by atoms with van der Waals surface area (Å²) < 4.78 is 13.0. The number of rotatable bonds is 2. The monoisotopic (exact) mass is 318 g/mol. The Balaban J connectivity index is 2.03. The Morgan fingerprint density at radius 3 is 2.82 bits per heavy atom. The van der Waals surface area contributed by atoms with Gasteiger partial charge in [0, 0.05) is 9.85 Å². The highest BCUT2D eigenvalue weighted by Crippen LogP contribution is 2.31. The number of hydrogen-bond acceptors (Lipinski definition) is 0. The quantitative estimate of drug-likeness (QED) is 0.508. The van der Waals surface area contributed by atoms with Gasteiger partial charge in [-0.25, -0.2) is 4.39 Å². The SMILES string of the molecule is Fc1ccc(CC2CCCCC(Br)C2)c(Cl)c1. The maximum atomic E-state index is 13.0. The Labute approximate surface area is 116 Å². The Kier molecular flexibility index (Phi) is 4.87. The lowest BCUT2D eigenvalue weighted by molar-refractivity contribution is 0.463. The second kappa shape index (κ2) is 6.19. The van der Waals surface area contributed by atoms with E-state index < -0.39 is 0 Å². The summed E-state index contributed by atoms with van der Waals surface area (Å²) in [4.78, 5) is 0.634. The Morgan fingerprint density at radius 2 is 2.06 bits per heavy atom. The Bertz CT molecular complexity index is 380. The van der Waals surface area contributed by atoms with Crippen LogP contribution in [-0.4, -0.2) is 4.83 Å². The highest BCUT2D eigenvalue weighted by Gasteiger charge is 2.19.